The maximum atomic E-state index is 13.3. The van der Waals surface area contributed by atoms with E-state index < -0.39 is 29.9 Å². The quantitative estimate of drug-likeness (QED) is 0.469. The monoisotopic (exact) mass is 476 g/mol. The van der Waals surface area contributed by atoms with Gasteiger partial charge in [0.2, 0.25) is 5.91 Å². The van der Waals surface area contributed by atoms with Crippen LogP contribution < -0.4 is 9.80 Å². The predicted octanol–water partition coefficient (Wildman–Crippen LogP) is 1.12. The molecule has 2 aromatic rings. The summed E-state index contributed by atoms with van der Waals surface area (Å²) in [5, 5.41) is 9.21. The van der Waals surface area contributed by atoms with Crippen molar-refractivity contribution in [1.29, 1.82) is 0 Å². The van der Waals surface area contributed by atoms with Crippen LogP contribution in [0.4, 0.5) is 11.4 Å². The third-order valence-corrected chi connectivity index (χ3v) is 6.46. The molecule has 2 unspecified atom stereocenters. The molecule has 0 spiro atoms. The van der Waals surface area contributed by atoms with Crippen LogP contribution in [0.3, 0.4) is 0 Å². The Balaban J connectivity index is 1.26. The van der Waals surface area contributed by atoms with Gasteiger partial charge in [0.25, 0.3) is 11.8 Å². The number of para-hydroxylation sites is 2. The van der Waals surface area contributed by atoms with E-state index >= 15 is 0 Å². The minimum Gasteiger partial charge on any atom is -0.465 e. The number of carbonyl (C=O) groups excluding carboxylic acids is 4. The lowest BCUT2D eigenvalue weighted by molar-refractivity contribution is -0.134. The summed E-state index contributed by atoms with van der Waals surface area (Å²) in [6.07, 6.45) is 0. The van der Waals surface area contributed by atoms with E-state index in [-0.39, 0.29) is 23.7 Å². The van der Waals surface area contributed by atoms with Crippen LogP contribution in [0.5, 0.6) is 0 Å². The van der Waals surface area contributed by atoms with Crippen LogP contribution in [-0.2, 0) is 19.1 Å². The average Bonchev–Trinajstić information content (AvgIpc) is 3.42. The van der Waals surface area contributed by atoms with E-state index in [1.54, 1.807) is 17.0 Å². The van der Waals surface area contributed by atoms with Gasteiger partial charge in [-0.2, -0.15) is 5.11 Å². The van der Waals surface area contributed by atoms with Gasteiger partial charge in [-0.25, -0.2) is 9.69 Å². The molecule has 0 N–H and O–H groups in total. The highest BCUT2D eigenvalue weighted by molar-refractivity contribution is 6.26. The van der Waals surface area contributed by atoms with Gasteiger partial charge in [0.05, 0.1) is 18.4 Å². The maximum Gasteiger partial charge on any atom is 0.339 e. The molecule has 2 fully saturated rings. The first-order chi connectivity index (χ1) is 17.0. The number of methoxy groups -OCH3 is 1. The summed E-state index contributed by atoms with van der Waals surface area (Å²) in [6, 6.07) is 14.1. The molecule has 3 aliphatic rings. The Hall–Kier alpha value is -4.28. The van der Waals surface area contributed by atoms with Gasteiger partial charge in [-0.3, -0.25) is 19.4 Å². The fourth-order valence-electron chi connectivity index (χ4n) is 4.63. The van der Waals surface area contributed by atoms with Gasteiger partial charge < -0.3 is 14.5 Å². The molecule has 0 aliphatic carbocycles. The maximum absolute atomic E-state index is 13.3. The number of fused-ring (bicyclic) bond motifs is 1. The standard InChI is InChI=1S/C24H24N6O5/c1-35-24(34)17-9-5-6-10-18(17)30-22(32)20-21(23(30)33)29(26-25-20)15-19(31)28-13-11-27(12-14-28)16-7-3-2-4-8-16/h2-10,20-21H,11-15H2,1H3. The highest BCUT2D eigenvalue weighted by Crippen LogP contribution is 2.33. The molecular formula is C24H24N6O5. The van der Waals surface area contributed by atoms with Crippen molar-refractivity contribution in [2.24, 2.45) is 10.3 Å². The van der Waals surface area contributed by atoms with Crippen LogP contribution in [0.1, 0.15) is 10.4 Å². The Kier molecular flexibility index (Phi) is 5.89. The SMILES string of the molecule is COC(=O)c1ccccc1N1C(=O)C2N=NN(CC(=O)N3CCN(c4ccccc4)CC3)C2C1=O. The first-order valence-electron chi connectivity index (χ1n) is 11.3. The summed E-state index contributed by atoms with van der Waals surface area (Å²) in [7, 11) is 1.22. The van der Waals surface area contributed by atoms with E-state index in [9.17, 15) is 19.2 Å². The summed E-state index contributed by atoms with van der Waals surface area (Å²) < 4.78 is 4.78. The van der Waals surface area contributed by atoms with Crippen molar-refractivity contribution in [2.75, 3.05) is 49.6 Å². The Morgan fingerprint density at radius 3 is 2.34 bits per heavy atom. The fourth-order valence-corrected chi connectivity index (χ4v) is 4.63. The van der Waals surface area contributed by atoms with Crippen molar-refractivity contribution in [3.63, 3.8) is 0 Å². The minimum absolute atomic E-state index is 0.0903. The molecule has 2 atom stereocenters. The number of benzene rings is 2. The molecule has 0 bridgehead atoms. The number of nitrogens with zero attached hydrogens (tertiary/aromatic N) is 6. The predicted molar refractivity (Wildman–Crippen MR) is 125 cm³/mol. The largest absolute Gasteiger partial charge is 0.465 e. The number of hydrogen-bond donors (Lipinski definition) is 0. The second kappa shape index (κ2) is 9.16. The summed E-state index contributed by atoms with van der Waals surface area (Å²) >= 11 is 0. The molecule has 11 nitrogen and oxygen atoms in total. The van der Waals surface area contributed by atoms with Gasteiger partial charge >= 0.3 is 5.97 Å². The third-order valence-electron chi connectivity index (χ3n) is 6.46. The van der Waals surface area contributed by atoms with E-state index in [0.717, 1.165) is 10.6 Å². The zero-order valence-corrected chi connectivity index (χ0v) is 19.1. The van der Waals surface area contributed by atoms with Crippen molar-refractivity contribution in [2.45, 2.75) is 12.1 Å². The summed E-state index contributed by atoms with van der Waals surface area (Å²) in [5.74, 6) is -2.03. The molecule has 2 aromatic carbocycles. The molecule has 3 heterocycles. The van der Waals surface area contributed by atoms with Crippen molar-refractivity contribution in [3.8, 4) is 0 Å². The second-order valence-corrected chi connectivity index (χ2v) is 8.42. The fraction of sp³-hybridized carbons (Fsp3) is 0.333. The molecule has 0 saturated carbocycles. The minimum atomic E-state index is -1.06. The molecule has 3 amide bonds. The van der Waals surface area contributed by atoms with Gasteiger partial charge in [-0.05, 0) is 24.3 Å². The normalized spacial score (nSPS) is 21.5. The number of hydrogen-bond acceptors (Lipinski definition) is 9. The molecular weight excluding hydrogens is 452 g/mol. The Morgan fingerprint density at radius 1 is 0.943 bits per heavy atom. The topological polar surface area (TPSA) is 115 Å². The average molecular weight is 476 g/mol. The van der Waals surface area contributed by atoms with Gasteiger partial charge in [-0.1, -0.05) is 35.6 Å². The molecule has 35 heavy (non-hydrogen) atoms. The van der Waals surface area contributed by atoms with Crippen molar-refractivity contribution < 1.29 is 23.9 Å². The molecule has 180 valence electrons. The summed E-state index contributed by atoms with van der Waals surface area (Å²) in [5.41, 5.74) is 1.33. The molecule has 5 rings (SSSR count). The van der Waals surface area contributed by atoms with E-state index in [2.05, 4.69) is 15.2 Å². The van der Waals surface area contributed by atoms with E-state index in [1.165, 1.54) is 24.3 Å². The molecule has 0 aromatic heterocycles. The Bertz CT molecular complexity index is 1190. The lowest BCUT2D eigenvalue weighted by atomic mass is 10.1. The summed E-state index contributed by atoms with van der Waals surface area (Å²) in [6.45, 7) is 2.30. The van der Waals surface area contributed by atoms with Crippen molar-refractivity contribution in [1.82, 2.24) is 9.91 Å². The van der Waals surface area contributed by atoms with Crippen LogP contribution in [0, 0.1) is 0 Å². The van der Waals surface area contributed by atoms with Crippen LogP contribution in [0.2, 0.25) is 0 Å². The second-order valence-electron chi connectivity index (χ2n) is 8.42. The van der Waals surface area contributed by atoms with Crippen LogP contribution >= 0.6 is 0 Å². The number of rotatable bonds is 5. The zero-order valence-electron chi connectivity index (χ0n) is 19.1. The first-order valence-corrected chi connectivity index (χ1v) is 11.3. The lowest BCUT2D eigenvalue weighted by Gasteiger charge is -2.36. The van der Waals surface area contributed by atoms with Gasteiger partial charge in [-0.15, -0.1) is 0 Å². The van der Waals surface area contributed by atoms with Crippen LogP contribution in [-0.4, -0.2) is 85.5 Å². The van der Waals surface area contributed by atoms with E-state index in [4.69, 9.17) is 4.74 Å². The molecule has 0 radical (unpaired) electrons. The smallest absolute Gasteiger partial charge is 0.339 e. The number of carbonyl (C=O) groups is 4. The number of anilines is 2. The number of piperazine rings is 1. The van der Waals surface area contributed by atoms with Gasteiger partial charge in [0, 0.05) is 31.9 Å². The Labute approximate surface area is 201 Å². The number of imide groups is 1. The van der Waals surface area contributed by atoms with Crippen LogP contribution in [0.15, 0.2) is 64.9 Å². The molecule has 2 saturated heterocycles. The molecule has 3 aliphatic heterocycles. The van der Waals surface area contributed by atoms with Crippen molar-refractivity contribution in [3.05, 3.63) is 60.2 Å². The van der Waals surface area contributed by atoms with Gasteiger partial charge in [0.1, 0.15) is 6.54 Å². The highest BCUT2D eigenvalue weighted by Gasteiger charge is 2.55. The van der Waals surface area contributed by atoms with Crippen LogP contribution in [0.25, 0.3) is 0 Å². The highest BCUT2D eigenvalue weighted by atomic mass is 16.5. The van der Waals surface area contributed by atoms with Gasteiger partial charge in [0.15, 0.2) is 12.1 Å². The first kappa shape index (κ1) is 22.5. The number of amides is 3. The summed E-state index contributed by atoms with van der Waals surface area (Å²) in [4.78, 5) is 56.4. The lowest BCUT2D eigenvalue weighted by Crippen LogP contribution is -2.52. The number of esters is 1. The van der Waals surface area contributed by atoms with E-state index in [0.29, 0.717) is 26.2 Å². The van der Waals surface area contributed by atoms with Crippen molar-refractivity contribution >= 4 is 35.1 Å². The molecule has 11 heteroatoms. The number of ether oxygens (including phenoxy) is 1. The van der Waals surface area contributed by atoms with E-state index in [1.807, 2.05) is 30.3 Å². The zero-order chi connectivity index (χ0) is 24.5. The Morgan fingerprint density at radius 2 is 1.63 bits per heavy atom. The third kappa shape index (κ3) is 3.98.